The summed E-state index contributed by atoms with van der Waals surface area (Å²) in [5, 5.41) is 2.83. The van der Waals surface area contributed by atoms with Crippen LogP contribution >= 0.6 is 0 Å². The minimum Gasteiger partial charge on any atom is -0.497 e. The summed E-state index contributed by atoms with van der Waals surface area (Å²) in [6.07, 6.45) is 0.732. The number of benzene rings is 3. The van der Waals surface area contributed by atoms with Crippen molar-refractivity contribution in [1.82, 2.24) is 10.2 Å². The van der Waals surface area contributed by atoms with Crippen molar-refractivity contribution in [3.8, 4) is 17.2 Å². The van der Waals surface area contributed by atoms with Gasteiger partial charge in [0.15, 0.2) is 11.5 Å². The molecule has 1 heterocycles. The number of hydrogen-bond acceptors (Lipinski definition) is 7. The zero-order valence-corrected chi connectivity index (χ0v) is 24.2. The van der Waals surface area contributed by atoms with Crippen LogP contribution in [0.4, 0.5) is 5.69 Å². The van der Waals surface area contributed by atoms with Crippen LogP contribution in [0.3, 0.4) is 0 Å². The van der Waals surface area contributed by atoms with E-state index in [9.17, 15) is 18.0 Å². The fourth-order valence-electron chi connectivity index (χ4n) is 4.38. The predicted octanol–water partition coefficient (Wildman–Crippen LogP) is 3.61. The fraction of sp³-hybridized carbons (Fsp3) is 0.333. The van der Waals surface area contributed by atoms with Gasteiger partial charge in [0.25, 0.3) is 10.0 Å². The number of fused-ring (bicyclic) bond motifs is 1. The Balaban J connectivity index is 1.72. The molecule has 3 aromatic carbocycles. The van der Waals surface area contributed by atoms with E-state index in [1.807, 2.05) is 13.0 Å². The number of nitrogens with zero attached hydrogens (tertiary/aromatic N) is 2. The standard InChI is InChI=1S/C30H35N3O7S/c1-4-15-31-30(35)22(2)32(20-23-9-8-10-25(18-23)38-3)29(34)21-33(41(36,37)26-11-6-5-7-12-26)24-13-14-27-28(19-24)40-17-16-39-27/h5-14,18-19,22H,4,15-17,20-21H2,1-3H3,(H,31,35)/t22-/m0/s1. The number of methoxy groups -OCH3 is 1. The maximum absolute atomic E-state index is 14.0. The Hall–Kier alpha value is -4.25. The van der Waals surface area contributed by atoms with Gasteiger partial charge in [0.05, 0.1) is 17.7 Å². The molecule has 1 aliphatic heterocycles. The quantitative estimate of drug-likeness (QED) is 0.348. The summed E-state index contributed by atoms with van der Waals surface area (Å²) in [6.45, 7) is 4.24. The zero-order valence-electron chi connectivity index (χ0n) is 23.4. The van der Waals surface area contributed by atoms with Crippen LogP contribution in [0, 0.1) is 0 Å². The average Bonchev–Trinajstić information content (AvgIpc) is 3.01. The molecule has 0 aliphatic carbocycles. The van der Waals surface area contributed by atoms with Crippen LogP contribution in [-0.2, 0) is 26.2 Å². The van der Waals surface area contributed by atoms with Crippen LogP contribution in [0.5, 0.6) is 17.2 Å². The van der Waals surface area contributed by atoms with E-state index in [1.165, 1.54) is 17.0 Å². The highest BCUT2D eigenvalue weighted by Gasteiger charge is 2.33. The van der Waals surface area contributed by atoms with Gasteiger partial charge < -0.3 is 24.4 Å². The molecule has 218 valence electrons. The predicted molar refractivity (Wildman–Crippen MR) is 155 cm³/mol. The summed E-state index contributed by atoms with van der Waals surface area (Å²) < 4.78 is 45.5. The number of carbonyl (C=O) groups excluding carboxylic acids is 2. The van der Waals surface area contributed by atoms with Gasteiger partial charge >= 0.3 is 0 Å². The van der Waals surface area contributed by atoms with Gasteiger partial charge in [-0.1, -0.05) is 37.3 Å². The number of carbonyl (C=O) groups is 2. The Morgan fingerprint density at radius 2 is 1.71 bits per heavy atom. The molecule has 10 nitrogen and oxygen atoms in total. The van der Waals surface area contributed by atoms with Crippen molar-refractivity contribution in [2.75, 3.05) is 37.7 Å². The van der Waals surface area contributed by atoms with Gasteiger partial charge in [-0.15, -0.1) is 0 Å². The first-order valence-electron chi connectivity index (χ1n) is 13.4. The summed E-state index contributed by atoms with van der Waals surface area (Å²) in [6, 6.07) is 18.9. The van der Waals surface area contributed by atoms with E-state index in [2.05, 4.69) is 5.32 Å². The molecule has 1 N–H and O–H groups in total. The second-order valence-corrected chi connectivity index (χ2v) is 11.4. The molecule has 0 spiro atoms. The SMILES string of the molecule is CCCNC(=O)[C@H](C)N(Cc1cccc(OC)c1)C(=O)CN(c1ccc2c(c1)OCCO2)S(=O)(=O)c1ccccc1. The van der Waals surface area contributed by atoms with Crippen LogP contribution in [0.15, 0.2) is 77.7 Å². The van der Waals surface area contributed by atoms with E-state index in [0.29, 0.717) is 37.0 Å². The summed E-state index contributed by atoms with van der Waals surface area (Å²) in [5.74, 6) is 0.586. The molecular formula is C30H35N3O7S. The molecule has 0 radical (unpaired) electrons. The second kappa shape index (κ2) is 13.4. The lowest BCUT2D eigenvalue weighted by molar-refractivity contribution is -0.139. The second-order valence-electron chi connectivity index (χ2n) is 9.49. The monoisotopic (exact) mass is 581 g/mol. The molecule has 0 unspecified atom stereocenters. The highest BCUT2D eigenvalue weighted by molar-refractivity contribution is 7.92. The van der Waals surface area contributed by atoms with Gasteiger partial charge in [-0.2, -0.15) is 0 Å². The molecular weight excluding hydrogens is 546 g/mol. The minimum absolute atomic E-state index is 0.0239. The third kappa shape index (κ3) is 7.10. The van der Waals surface area contributed by atoms with Gasteiger partial charge in [-0.05, 0) is 55.3 Å². The first-order valence-corrected chi connectivity index (χ1v) is 14.9. The highest BCUT2D eigenvalue weighted by Crippen LogP contribution is 2.36. The van der Waals surface area contributed by atoms with Gasteiger partial charge in [0, 0.05) is 19.2 Å². The van der Waals surface area contributed by atoms with Crippen LogP contribution in [0.2, 0.25) is 0 Å². The van der Waals surface area contributed by atoms with Crippen LogP contribution in [0.1, 0.15) is 25.8 Å². The first kappa shape index (κ1) is 29.7. The fourth-order valence-corrected chi connectivity index (χ4v) is 5.81. The number of sulfonamides is 1. The van der Waals surface area contributed by atoms with Crippen molar-refractivity contribution in [2.24, 2.45) is 0 Å². The lowest BCUT2D eigenvalue weighted by Gasteiger charge is -2.32. The lowest BCUT2D eigenvalue weighted by Crippen LogP contribution is -2.51. The van der Waals surface area contributed by atoms with Crippen molar-refractivity contribution in [3.05, 3.63) is 78.4 Å². The maximum Gasteiger partial charge on any atom is 0.264 e. The molecule has 0 fully saturated rings. The molecule has 0 saturated carbocycles. The molecule has 1 atom stereocenters. The lowest BCUT2D eigenvalue weighted by atomic mass is 10.1. The zero-order chi connectivity index (χ0) is 29.4. The van der Waals surface area contributed by atoms with Gasteiger partial charge in [0.1, 0.15) is 31.5 Å². The molecule has 41 heavy (non-hydrogen) atoms. The Morgan fingerprint density at radius 1 is 0.976 bits per heavy atom. The summed E-state index contributed by atoms with van der Waals surface area (Å²) >= 11 is 0. The molecule has 2 amide bonds. The molecule has 4 rings (SSSR count). The molecule has 0 saturated heterocycles. The van der Waals surface area contributed by atoms with Crippen molar-refractivity contribution in [2.45, 2.75) is 37.8 Å². The summed E-state index contributed by atoms with van der Waals surface area (Å²) in [5.41, 5.74) is 0.959. The van der Waals surface area contributed by atoms with Crippen LogP contribution in [-0.4, -0.2) is 64.6 Å². The Morgan fingerprint density at radius 3 is 2.41 bits per heavy atom. The van der Waals surface area contributed by atoms with Crippen LogP contribution < -0.4 is 23.8 Å². The number of nitrogens with one attached hydrogen (secondary N) is 1. The Labute approximate surface area is 240 Å². The average molecular weight is 582 g/mol. The molecule has 3 aromatic rings. The normalized spacial score (nSPS) is 13.1. The van der Waals surface area contributed by atoms with E-state index >= 15 is 0 Å². The molecule has 1 aliphatic rings. The van der Waals surface area contributed by atoms with E-state index in [-0.39, 0.29) is 23.0 Å². The smallest absolute Gasteiger partial charge is 0.264 e. The van der Waals surface area contributed by atoms with E-state index in [0.717, 1.165) is 16.3 Å². The maximum atomic E-state index is 14.0. The third-order valence-electron chi connectivity index (χ3n) is 6.63. The Kier molecular flexibility index (Phi) is 9.72. The van der Waals surface area contributed by atoms with E-state index in [1.54, 1.807) is 68.6 Å². The molecule has 0 aromatic heterocycles. The number of anilines is 1. The Bertz CT molecular complexity index is 1460. The van der Waals surface area contributed by atoms with E-state index in [4.69, 9.17) is 14.2 Å². The number of amides is 2. The van der Waals surface area contributed by atoms with Crippen molar-refractivity contribution < 1.29 is 32.2 Å². The topological polar surface area (TPSA) is 114 Å². The minimum atomic E-state index is -4.18. The third-order valence-corrected chi connectivity index (χ3v) is 8.42. The van der Waals surface area contributed by atoms with Gasteiger partial charge in [-0.3, -0.25) is 13.9 Å². The molecule has 11 heteroatoms. The van der Waals surface area contributed by atoms with Gasteiger partial charge in [0.2, 0.25) is 11.8 Å². The largest absolute Gasteiger partial charge is 0.497 e. The first-order chi connectivity index (χ1) is 19.7. The number of ether oxygens (including phenoxy) is 3. The molecule has 0 bridgehead atoms. The van der Waals surface area contributed by atoms with Crippen molar-refractivity contribution >= 4 is 27.5 Å². The summed E-state index contributed by atoms with van der Waals surface area (Å²) in [7, 11) is -2.64. The van der Waals surface area contributed by atoms with Crippen molar-refractivity contribution in [3.63, 3.8) is 0 Å². The number of rotatable bonds is 12. The van der Waals surface area contributed by atoms with E-state index < -0.39 is 28.5 Å². The van der Waals surface area contributed by atoms with Crippen LogP contribution in [0.25, 0.3) is 0 Å². The highest BCUT2D eigenvalue weighted by atomic mass is 32.2. The van der Waals surface area contributed by atoms with Gasteiger partial charge in [-0.25, -0.2) is 8.42 Å². The number of hydrogen-bond donors (Lipinski definition) is 1. The van der Waals surface area contributed by atoms with Crippen molar-refractivity contribution in [1.29, 1.82) is 0 Å². The summed E-state index contributed by atoms with van der Waals surface area (Å²) in [4.78, 5) is 28.4.